The Bertz CT molecular complexity index is 731. The fourth-order valence-electron chi connectivity index (χ4n) is 1.79. The maximum absolute atomic E-state index is 13.6. The lowest BCUT2D eigenvalue weighted by molar-refractivity contribution is -0.385. The molecule has 0 bridgehead atoms. The van der Waals surface area contributed by atoms with E-state index < -0.39 is 28.1 Å². The van der Waals surface area contributed by atoms with Gasteiger partial charge in [0.25, 0.3) is 5.91 Å². The van der Waals surface area contributed by atoms with E-state index in [1.54, 1.807) is 6.92 Å². The van der Waals surface area contributed by atoms with Crippen molar-refractivity contribution in [1.82, 2.24) is 0 Å². The number of phenolic OH excluding ortho intramolecular Hbond substituents is 1. The highest BCUT2D eigenvalue weighted by Crippen LogP contribution is 2.30. The molecule has 1 amide bonds. The van der Waals surface area contributed by atoms with Gasteiger partial charge in [0.15, 0.2) is 0 Å². The van der Waals surface area contributed by atoms with Gasteiger partial charge in [0.05, 0.1) is 16.2 Å². The number of nitrogens with zero attached hydrogens (tertiary/aromatic N) is 1. The number of nitro groups is 1. The van der Waals surface area contributed by atoms with E-state index in [2.05, 4.69) is 5.32 Å². The van der Waals surface area contributed by atoms with E-state index in [0.717, 1.165) is 11.6 Å². The number of aryl methyl sites for hydroxylation is 1. The molecule has 6 nitrogen and oxygen atoms in total. The fourth-order valence-corrected chi connectivity index (χ4v) is 1.79. The molecule has 0 heterocycles. The predicted octanol–water partition coefficient (Wildman–Crippen LogP) is 3.00. The molecule has 0 radical (unpaired) electrons. The minimum atomic E-state index is -0.833. The van der Waals surface area contributed by atoms with Crippen molar-refractivity contribution in [3.8, 4) is 5.75 Å². The summed E-state index contributed by atoms with van der Waals surface area (Å²) in [5, 5.41) is 22.7. The Morgan fingerprint density at radius 3 is 2.71 bits per heavy atom. The first kappa shape index (κ1) is 14.4. The van der Waals surface area contributed by atoms with Gasteiger partial charge in [0.2, 0.25) is 5.75 Å². The summed E-state index contributed by atoms with van der Waals surface area (Å²) < 4.78 is 13.6. The molecule has 21 heavy (non-hydrogen) atoms. The van der Waals surface area contributed by atoms with Crippen LogP contribution in [0.25, 0.3) is 0 Å². The van der Waals surface area contributed by atoms with Gasteiger partial charge in [-0.1, -0.05) is 12.1 Å². The number of phenols is 1. The van der Waals surface area contributed by atoms with Crippen molar-refractivity contribution < 1.29 is 19.2 Å². The van der Waals surface area contributed by atoms with Crippen LogP contribution in [0.1, 0.15) is 15.9 Å². The van der Waals surface area contributed by atoms with Gasteiger partial charge in [0, 0.05) is 6.07 Å². The molecule has 2 N–H and O–H groups in total. The molecule has 7 heteroatoms. The number of nitro benzene ring substituents is 1. The lowest BCUT2D eigenvalue weighted by Crippen LogP contribution is -2.13. The highest BCUT2D eigenvalue weighted by molar-refractivity contribution is 6.07. The first-order valence-corrected chi connectivity index (χ1v) is 5.94. The number of nitrogens with one attached hydrogen (secondary N) is 1. The van der Waals surface area contributed by atoms with Crippen LogP contribution in [0.15, 0.2) is 36.4 Å². The number of para-hydroxylation sites is 1. The maximum atomic E-state index is 13.6. The van der Waals surface area contributed by atoms with Crippen LogP contribution in [-0.2, 0) is 0 Å². The molecular weight excluding hydrogens is 279 g/mol. The average molecular weight is 290 g/mol. The van der Waals surface area contributed by atoms with Gasteiger partial charge in [-0.2, -0.15) is 0 Å². The molecule has 0 spiro atoms. The minimum Gasteiger partial charge on any atom is -0.502 e. The monoisotopic (exact) mass is 290 g/mol. The Balaban J connectivity index is 2.35. The number of benzene rings is 2. The number of hydrogen-bond donors (Lipinski definition) is 2. The number of anilines is 1. The van der Waals surface area contributed by atoms with Crippen molar-refractivity contribution in [2.45, 2.75) is 6.92 Å². The smallest absolute Gasteiger partial charge is 0.311 e. The van der Waals surface area contributed by atoms with Gasteiger partial charge in [-0.25, -0.2) is 4.39 Å². The first-order chi connectivity index (χ1) is 9.90. The average Bonchev–Trinajstić information content (AvgIpc) is 2.42. The molecule has 0 unspecified atom stereocenters. The minimum absolute atomic E-state index is 0.0640. The highest BCUT2D eigenvalue weighted by Gasteiger charge is 2.21. The normalized spacial score (nSPS) is 10.2. The Hall–Kier alpha value is -2.96. The van der Waals surface area contributed by atoms with Gasteiger partial charge in [-0.3, -0.25) is 14.9 Å². The molecule has 0 atom stereocenters. The number of halogens is 1. The Morgan fingerprint density at radius 2 is 2.05 bits per heavy atom. The number of rotatable bonds is 3. The molecule has 2 aromatic carbocycles. The van der Waals surface area contributed by atoms with E-state index in [1.807, 2.05) is 0 Å². The van der Waals surface area contributed by atoms with Crippen LogP contribution in [0.4, 0.5) is 15.8 Å². The molecule has 0 aliphatic carbocycles. The van der Waals surface area contributed by atoms with Crippen LogP contribution < -0.4 is 5.32 Å². The van der Waals surface area contributed by atoms with Crippen molar-refractivity contribution in [1.29, 1.82) is 0 Å². The van der Waals surface area contributed by atoms with E-state index in [4.69, 9.17) is 0 Å². The van der Waals surface area contributed by atoms with Crippen LogP contribution in [0.5, 0.6) is 5.75 Å². The maximum Gasteiger partial charge on any atom is 0.311 e. The first-order valence-electron chi connectivity index (χ1n) is 5.94. The summed E-state index contributed by atoms with van der Waals surface area (Å²) in [4.78, 5) is 21.9. The van der Waals surface area contributed by atoms with E-state index >= 15 is 0 Å². The molecule has 0 fully saturated rings. The fraction of sp³-hybridized carbons (Fsp3) is 0.0714. The van der Waals surface area contributed by atoms with Crippen LogP contribution in [0, 0.1) is 22.9 Å². The second-order valence-corrected chi connectivity index (χ2v) is 4.37. The zero-order chi connectivity index (χ0) is 15.6. The molecule has 0 aliphatic rings. The summed E-state index contributed by atoms with van der Waals surface area (Å²) in [6.07, 6.45) is 0. The number of carbonyl (C=O) groups is 1. The van der Waals surface area contributed by atoms with Crippen molar-refractivity contribution in [2.24, 2.45) is 0 Å². The number of carbonyl (C=O) groups excluding carboxylic acids is 1. The van der Waals surface area contributed by atoms with Gasteiger partial charge in [-0.15, -0.1) is 0 Å². The second kappa shape index (κ2) is 5.58. The molecule has 0 aliphatic heterocycles. The molecule has 2 rings (SSSR count). The van der Waals surface area contributed by atoms with Gasteiger partial charge in [0.1, 0.15) is 5.82 Å². The highest BCUT2D eigenvalue weighted by atomic mass is 19.1. The van der Waals surface area contributed by atoms with Crippen molar-refractivity contribution >= 4 is 17.3 Å². The summed E-state index contributed by atoms with van der Waals surface area (Å²) in [5.74, 6) is -2.23. The second-order valence-electron chi connectivity index (χ2n) is 4.37. The van der Waals surface area contributed by atoms with E-state index in [0.29, 0.717) is 0 Å². The van der Waals surface area contributed by atoms with Crippen LogP contribution in [0.3, 0.4) is 0 Å². The molecule has 2 aromatic rings. The van der Waals surface area contributed by atoms with Crippen molar-refractivity contribution in [3.05, 3.63) is 63.5 Å². The zero-order valence-electron chi connectivity index (χ0n) is 11.0. The molecule has 0 saturated carbocycles. The molecule has 0 aromatic heterocycles. The van der Waals surface area contributed by atoms with Crippen LogP contribution in [-0.4, -0.2) is 15.9 Å². The number of hydrogen-bond acceptors (Lipinski definition) is 4. The predicted molar refractivity (Wildman–Crippen MR) is 73.9 cm³/mol. The molecule has 0 saturated heterocycles. The standard InChI is InChI=1S/C14H11FN2O4/c1-8-5-6-10(15)11(7-8)16-14(19)9-3-2-4-12(13(9)18)17(20)21/h2-7,18H,1H3,(H,16,19). The summed E-state index contributed by atoms with van der Waals surface area (Å²) in [6, 6.07) is 7.69. The third-order valence-corrected chi connectivity index (χ3v) is 2.83. The van der Waals surface area contributed by atoms with Gasteiger partial charge in [-0.05, 0) is 30.7 Å². The summed E-state index contributed by atoms with van der Waals surface area (Å²) >= 11 is 0. The Labute approximate surface area is 119 Å². The molecular formula is C14H11FN2O4. The lowest BCUT2D eigenvalue weighted by Gasteiger charge is -2.08. The summed E-state index contributed by atoms with van der Waals surface area (Å²) in [5.41, 5.74) is -0.224. The van der Waals surface area contributed by atoms with E-state index in [1.165, 1.54) is 30.3 Å². The van der Waals surface area contributed by atoms with E-state index in [-0.39, 0.29) is 11.3 Å². The Kier molecular flexibility index (Phi) is 3.84. The van der Waals surface area contributed by atoms with Crippen LogP contribution in [0.2, 0.25) is 0 Å². The largest absolute Gasteiger partial charge is 0.502 e. The number of aromatic hydroxyl groups is 1. The van der Waals surface area contributed by atoms with Gasteiger partial charge < -0.3 is 10.4 Å². The molecule has 108 valence electrons. The number of amides is 1. The Morgan fingerprint density at radius 1 is 1.33 bits per heavy atom. The topological polar surface area (TPSA) is 92.5 Å². The lowest BCUT2D eigenvalue weighted by atomic mass is 10.1. The third kappa shape index (κ3) is 2.97. The summed E-state index contributed by atoms with van der Waals surface area (Å²) in [7, 11) is 0. The van der Waals surface area contributed by atoms with Crippen LogP contribution >= 0.6 is 0 Å². The quantitative estimate of drug-likeness (QED) is 0.671. The zero-order valence-corrected chi connectivity index (χ0v) is 11.0. The van der Waals surface area contributed by atoms with E-state index in [9.17, 15) is 24.4 Å². The van der Waals surface area contributed by atoms with Gasteiger partial charge >= 0.3 is 5.69 Å². The van der Waals surface area contributed by atoms with Crippen molar-refractivity contribution in [3.63, 3.8) is 0 Å². The summed E-state index contributed by atoms with van der Waals surface area (Å²) in [6.45, 7) is 1.72. The van der Waals surface area contributed by atoms with Crippen molar-refractivity contribution in [2.75, 3.05) is 5.32 Å². The third-order valence-electron chi connectivity index (χ3n) is 2.83. The SMILES string of the molecule is Cc1ccc(F)c(NC(=O)c2cccc([N+](=O)[O-])c2O)c1.